The van der Waals surface area contributed by atoms with Crippen LogP contribution in [-0.4, -0.2) is 35.2 Å². The predicted octanol–water partition coefficient (Wildman–Crippen LogP) is 0.855. The molecular formula is C13H15N3O2. The fraction of sp³-hybridized carbons (Fsp3) is 0.308. The first-order chi connectivity index (χ1) is 8.77. The molecule has 0 saturated carbocycles. The van der Waals surface area contributed by atoms with Crippen LogP contribution in [0, 0.1) is 0 Å². The van der Waals surface area contributed by atoms with Gasteiger partial charge >= 0.3 is 5.97 Å². The minimum Gasteiger partial charge on any atom is -0.480 e. The average Bonchev–Trinajstić information content (AvgIpc) is 2.82. The molecule has 94 valence electrons. The number of para-hydroxylation sites is 1. The molecule has 2 aromatic rings. The van der Waals surface area contributed by atoms with Crippen molar-refractivity contribution >= 4 is 16.9 Å². The Hall–Kier alpha value is -1.85. The van der Waals surface area contributed by atoms with Gasteiger partial charge in [-0.1, -0.05) is 18.2 Å². The number of aromatic nitrogens is 1. The maximum Gasteiger partial charge on any atom is 0.322 e. The third kappa shape index (κ3) is 1.77. The molecule has 0 radical (unpaired) electrons. The first-order valence-corrected chi connectivity index (χ1v) is 6.03. The van der Waals surface area contributed by atoms with Crippen molar-refractivity contribution in [3.05, 3.63) is 36.0 Å². The van der Waals surface area contributed by atoms with Crippen LogP contribution in [0.1, 0.15) is 11.6 Å². The number of rotatable bonds is 2. The largest absolute Gasteiger partial charge is 0.480 e. The second kappa shape index (κ2) is 4.44. The summed E-state index contributed by atoms with van der Waals surface area (Å²) in [6.45, 7) is 1.45. The van der Waals surface area contributed by atoms with Crippen LogP contribution in [0.25, 0.3) is 10.9 Å². The molecule has 0 amide bonds. The van der Waals surface area contributed by atoms with Crippen LogP contribution in [0.5, 0.6) is 0 Å². The Labute approximate surface area is 104 Å². The smallest absolute Gasteiger partial charge is 0.322 e. The SMILES string of the molecule is O=C(O)C1NCCNC1c1c[nH]c2ccccc12. The van der Waals surface area contributed by atoms with E-state index in [-0.39, 0.29) is 6.04 Å². The summed E-state index contributed by atoms with van der Waals surface area (Å²) in [5.41, 5.74) is 2.04. The highest BCUT2D eigenvalue weighted by Crippen LogP contribution is 2.27. The summed E-state index contributed by atoms with van der Waals surface area (Å²) < 4.78 is 0. The van der Waals surface area contributed by atoms with E-state index in [4.69, 9.17) is 0 Å². The van der Waals surface area contributed by atoms with Gasteiger partial charge in [-0.05, 0) is 11.6 Å². The van der Waals surface area contributed by atoms with Gasteiger partial charge in [0.15, 0.2) is 0 Å². The zero-order valence-corrected chi connectivity index (χ0v) is 9.81. The minimum atomic E-state index is -0.822. The molecule has 0 bridgehead atoms. The summed E-state index contributed by atoms with van der Waals surface area (Å²) in [4.78, 5) is 14.5. The topological polar surface area (TPSA) is 77.2 Å². The third-order valence-electron chi connectivity index (χ3n) is 3.41. The van der Waals surface area contributed by atoms with Crippen LogP contribution < -0.4 is 10.6 Å². The number of carbonyl (C=O) groups is 1. The number of fused-ring (bicyclic) bond motifs is 1. The number of carboxylic acid groups (broad SMARTS) is 1. The van der Waals surface area contributed by atoms with Crippen molar-refractivity contribution in [3.63, 3.8) is 0 Å². The van der Waals surface area contributed by atoms with Gasteiger partial charge in [0.25, 0.3) is 0 Å². The molecule has 4 N–H and O–H groups in total. The molecule has 18 heavy (non-hydrogen) atoms. The van der Waals surface area contributed by atoms with Gasteiger partial charge < -0.3 is 20.7 Å². The molecule has 0 aliphatic carbocycles. The van der Waals surface area contributed by atoms with Crippen LogP contribution in [0.2, 0.25) is 0 Å². The van der Waals surface area contributed by atoms with Crippen LogP contribution in [0.15, 0.2) is 30.5 Å². The van der Waals surface area contributed by atoms with E-state index in [2.05, 4.69) is 15.6 Å². The van der Waals surface area contributed by atoms with E-state index in [1.54, 1.807) is 0 Å². The first kappa shape index (κ1) is 11.3. The Morgan fingerprint density at radius 1 is 1.22 bits per heavy atom. The molecule has 2 atom stereocenters. The molecule has 2 unspecified atom stereocenters. The van der Waals surface area contributed by atoms with E-state index in [1.165, 1.54) is 0 Å². The number of benzene rings is 1. The van der Waals surface area contributed by atoms with Crippen molar-refractivity contribution in [2.45, 2.75) is 12.1 Å². The van der Waals surface area contributed by atoms with Crippen molar-refractivity contribution < 1.29 is 9.90 Å². The summed E-state index contributed by atoms with van der Waals surface area (Å²) in [5.74, 6) is -0.822. The maximum absolute atomic E-state index is 11.3. The zero-order chi connectivity index (χ0) is 12.5. The van der Waals surface area contributed by atoms with Gasteiger partial charge in [-0.15, -0.1) is 0 Å². The monoisotopic (exact) mass is 245 g/mol. The first-order valence-electron chi connectivity index (χ1n) is 6.03. The Morgan fingerprint density at radius 3 is 2.83 bits per heavy atom. The predicted molar refractivity (Wildman–Crippen MR) is 68.5 cm³/mol. The van der Waals surface area contributed by atoms with Gasteiger partial charge in [0, 0.05) is 30.2 Å². The van der Waals surface area contributed by atoms with Crippen LogP contribution in [0.3, 0.4) is 0 Å². The molecule has 1 fully saturated rings. The van der Waals surface area contributed by atoms with Crippen LogP contribution in [-0.2, 0) is 4.79 Å². The lowest BCUT2D eigenvalue weighted by atomic mass is 9.97. The number of aromatic amines is 1. The summed E-state index contributed by atoms with van der Waals surface area (Å²) in [5, 5.41) is 16.7. The average molecular weight is 245 g/mol. The van der Waals surface area contributed by atoms with Crippen LogP contribution >= 0.6 is 0 Å². The summed E-state index contributed by atoms with van der Waals surface area (Å²) in [7, 11) is 0. The van der Waals surface area contributed by atoms with Gasteiger partial charge in [0.1, 0.15) is 6.04 Å². The number of hydrogen-bond donors (Lipinski definition) is 4. The van der Waals surface area contributed by atoms with Crippen molar-refractivity contribution in [3.8, 4) is 0 Å². The Bertz CT molecular complexity index is 578. The Kier molecular flexibility index (Phi) is 2.77. The number of H-pyrrole nitrogens is 1. The summed E-state index contributed by atoms with van der Waals surface area (Å²) >= 11 is 0. The summed E-state index contributed by atoms with van der Waals surface area (Å²) in [6.07, 6.45) is 1.89. The van der Waals surface area contributed by atoms with Gasteiger partial charge in [0.2, 0.25) is 0 Å². The molecule has 5 nitrogen and oxygen atoms in total. The number of nitrogens with one attached hydrogen (secondary N) is 3. The van der Waals surface area contributed by atoms with E-state index < -0.39 is 12.0 Å². The fourth-order valence-corrected chi connectivity index (χ4v) is 2.56. The highest BCUT2D eigenvalue weighted by atomic mass is 16.4. The lowest BCUT2D eigenvalue weighted by Crippen LogP contribution is -2.54. The van der Waals surface area contributed by atoms with Crippen molar-refractivity contribution in [2.24, 2.45) is 0 Å². The molecular weight excluding hydrogens is 230 g/mol. The van der Waals surface area contributed by atoms with Crippen molar-refractivity contribution in [1.29, 1.82) is 0 Å². The van der Waals surface area contributed by atoms with Crippen molar-refractivity contribution in [2.75, 3.05) is 13.1 Å². The zero-order valence-electron chi connectivity index (χ0n) is 9.81. The molecule has 1 aliphatic heterocycles. The highest BCUT2D eigenvalue weighted by Gasteiger charge is 2.32. The van der Waals surface area contributed by atoms with E-state index in [0.717, 1.165) is 23.0 Å². The quantitative estimate of drug-likeness (QED) is 0.633. The van der Waals surface area contributed by atoms with E-state index in [9.17, 15) is 9.90 Å². The van der Waals surface area contributed by atoms with E-state index >= 15 is 0 Å². The lowest BCUT2D eigenvalue weighted by Gasteiger charge is -2.30. The number of aliphatic carboxylic acids is 1. The van der Waals surface area contributed by atoms with E-state index in [1.807, 2.05) is 30.5 Å². The Morgan fingerprint density at radius 2 is 2.00 bits per heavy atom. The fourth-order valence-electron chi connectivity index (χ4n) is 2.56. The molecule has 1 saturated heterocycles. The lowest BCUT2D eigenvalue weighted by molar-refractivity contribution is -0.140. The van der Waals surface area contributed by atoms with Crippen molar-refractivity contribution in [1.82, 2.24) is 15.6 Å². The summed E-state index contributed by atoms with van der Waals surface area (Å²) in [6, 6.07) is 7.14. The van der Waals surface area contributed by atoms with Gasteiger partial charge in [-0.3, -0.25) is 4.79 Å². The second-order valence-corrected chi connectivity index (χ2v) is 4.49. The molecule has 1 aromatic carbocycles. The normalized spacial score (nSPS) is 24.2. The number of piperazine rings is 1. The second-order valence-electron chi connectivity index (χ2n) is 4.49. The molecule has 5 heteroatoms. The molecule has 2 heterocycles. The molecule has 1 aliphatic rings. The number of carboxylic acids is 1. The number of hydrogen-bond acceptors (Lipinski definition) is 3. The molecule has 0 spiro atoms. The molecule has 1 aromatic heterocycles. The highest BCUT2D eigenvalue weighted by molar-refractivity contribution is 5.85. The van der Waals surface area contributed by atoms with Gasteiger partial charge in [-0.25, -0.2) is 0 Å². The third-order valence-corrected chi connectivity index (χ3v) is 3.41. The molecule has 3 rings (SSSR count). The standard InChI is InChI=1S/C13H15N3O2/c17-13(18)12-11(14-5-6-15-12)9-7-16-10-4-2-1-3-8(9)10/h1-4,7,11-12,14-16H,5-6H2,(H,17,18). The Balaban J connectivity index is 2.04. The minimum absolute atomic E-state index is 0.201. The van der Waals surface area contributed by atoms with Gasteiger partial charge in [-0.2, -0.15) is 0 Å². The van der Waals surface area contributed by atoms with E-state index in [0.29, 0.717) is 6.54 Å². The van der Waals surface area contributed by atoms with Gasteiger partial charge in [0.05, 0.1) is 6.04 Å². The van der Waals surface area contributed by atoms with Crippen LogP contribution in [0.4, 0.5) is 0 Å². The maximum atomic E-state index is 11.3.